The number of aliphatic hydroxyl groups is 2. The molecule has 4 aromatic heterocycles. The lowest BCUT2D eigenvalue weighted by molar-refractivity contribution is -0.178. The lowest BCUT2D eigenvalue weighted by atomic mass is 10.2. The van der Waals surface area contributed by atoms with Gasteiger partial charge in [-0.1, -0.05) is 0 Å². The van der Waals surface area contributed by atoms with E-state index in [9.17, 15) is 29.1 Å². The molecule has 0 saturated carbocycles. The van der Waals surface area contributed by atoms with E-state index >= 15 is 0 Å². The van der Waals surface area contributed by atoms with Gasteiger partial charge in [-0.15, -0.1) is 0 Å². The summed E-state index contributed by atoms with van der Waals surface area (Å²) in [6.45, 7) is 0. The Morgan fingerprint density at radius 2 is 1.11 bits per heavy atom. The van der Waals surface area contributed by atoms with Crippen LogP contribution in [0.3, 0.4) is 0 Å². The zero-order valence-electron chi connectivity index (χ0n) is 22.0. The van der Waals surface area contributed by atoms with Crippen molar-refractivity contribution in [1.82, 2.24) is 39.0 Å². The molecule has 24 heteroatoms. The van der Waals surface area contributed by atoms with Crippen molar-refractivity contribution in [2.75, 3.05) is 24.2 Å². The molecule has 3 saturated heterocycles. The number of hydrogen-bond acceptors (Lipinski definition) is 18. The Balaban J connectivity index is 1.17. The predicted molar refractivity (Wildman–Crippen MR) is 141 cm³/mol. The molecule has 10 atom stereocenters. The van der Waals surface area contributed by atoms with Crippen LogP contribution in [-0.2, 0) is 37.1 Å². The minimum atomic E-state index is -4.75. The van der Waals surface area contributed by atoms with Gasteiger partial charge in [0.1, 0.15) is 48.1 Å². The Morgan fingerprint density at radius 3 is 1.52 bits per heavy atom. The van der Waals surface area contributed by atoms with E-state index in [2.05, 4.69) is 29.9 Å². The summed E-state index contributed by atoms with van der Waals surface area (Å²) >= 11 is 0. The molecule has 236 valence electrons. The molecule has 44 heavy (non-hydrogen) atoms. The average molecular weight is 658 g/mol. The monoisotopic (exact) mass is 658 g/mol. The summed E-state index contributed by atoms with van der Waals surface area (Å²) in [5.74, 6) is 0.0952. The van der Waals surface area contributed by atoms with Crippen molar-refractivity contribution >= 4 is 49.2 Å². The highest BCUT2D eigenvalue weighted by Crippen LogP contribution is 2.53. The number of fused-ring (bicyclic) bond motifs is 4. The number of aromatic nitrogens is 8. The SMILES string of the molecule is Nc1ncnc2c1ncn2[C@@H]1O[C@@H]2OCP(=O)(O)OC3[C@@H](OCP(=O)(O)OC2[C@@H]1O)O[C@@H](n1cnc2c(N)ncnc21)[C@H]3O. The topological polar surface area (TPSA) is 310 Å². The Kier molecular flexibility index (Phi) is 7.16. The number of nitrogens with two attached hydrogens (primary N) is 2. The van der Waals surface area contributed by atoms with Gasteiger partial charge in [0.2, 0.25) is 0 Å². The number of nitrogens with zero attached hydrogens (tertiary/aromatic N) is 8. The van der Waals surface area contributed by atoms with Gasteiger partial charge in [0.15, 0.2) is 60.7 Å². The highest BCUT2D eigenvalue weighted by molar-refractivity contribution is 7.52. The Labute approximate surface area is 244 Å². The van der Waals surface area contributed by atoms with Crippen molar-refractivity contribution in [3.8, 4) is 0 Å². The maximum Gasteiger partial charge on any atom is 0.354 e. The molecule has 4 unspecified atom stereocenters. The van der Waals surface area contributed by atoms with Crippen molar-refractivity contribution in [3.63, 3.8) is 0 Å². The van der Waals surface area contributed by atoms with E-state index in [1.54, 1.807) is 0 Å². The largest absolute Gasteiger partial charge is 0.385 e. The van der Waals surface area contributed by atoms with E-state index in [1.165, 1.54) is 21.8 Å². The number of rotatable bonds is 2. The fraction of sp³-hybridized carbons (Fsp3) is 0.500. The van der Waals surface area contributed by atoms with E-state index in [0.29, 0.717) is 0 Å². The van der Waals surface area contributed by atoms with Crippen LogP contribution >= 0.6 is 15.2 Å². The van der Waals surface area contributed by atoms with Gasteiger partial charge in [0, 0.05) is 0 Å². The molecule has 22 nitrogen and oxygen atoms in total. The maximum atomic E-state index is 13.1. The molecule has 0 aromatic carbocycles. The molecule has 3 aliphatic rings. The Morgan fingerprint density at radius 1 is 0.705 bits per heavy atom. The first-order valence-electron chi connectivity index (χ1n) is 12.7. The molecule has 0 spiro atoms. The smallest absolute Gasteiger partial charge is 0.354 e. The first kappa shape index (κ1) is 29.5. The molecular formula is C20H24N10O12P2. The summed E-state index contributed by atoms with van der Waals surface area (Å²) in [5, 5.41) is 22.2. The Hall–Kier alpha value is -3.24. The lowest BCUT2D eigenvalue weighted by Crippen LogP contribution is -2.38. The summed E-state index contributed by atoms with van der Waals surface area (Å²) in [4.78, 5) is 45.4. The normalized spacial score (nSPS) is 38.3. The van der Waals surface area contributed by atoms with Gasteiger partial charge >= 0.3 is 15.2 Å². The molecule has 7 rings (SSSR count). The third-order valence-corrected chi connectivity index (χ3v) is 9.14. The van der Waals surface area contributed by atoms with Crippen LogP contribution < -0.4 is 11.5 Å². The van der Waals surface area contributed by atoms with E-state index in [1.807, 2.05) is 0 Å². The van der Waals surface area contributed by atoms with E-state index < -0.39 is 77.3 Å². The van der Waals surface area contributed by atoms with Crippen LogP contribution in [0.15, 0.2) is 25.3 Å². The number of imidazole rings is 2. The molecule has 3 aliphatic heterocycles. The van der Waals surface area contributed by atoms with Gasteiger partial charge in [0.05, 0.1) is 12.7 Å². The van der Waals surface area contributed by atoms with Gasteiger partial charge in [-0.05, 0) is 0 Å². The van der Waals surface area contributed by atoms with Crippen molar-refractivity contribution in [1.29, 1.82) is 0 Å². The second-order valence-electron chi connectivity index (χ2n) is 9.94. The van der Waals surface area contributed by atoms with Crippen LogP contribution in [0.25, 0.3) is 22.3 Å². The first-order valence-corrected chi connectivity index (χ1v) is 16.2. The van der Waals surface area contributed by atoms with Gasteiger partial charge in [-0.25, -0.2) is 29.9 Å². The van der Waals surface area contributed by atoms with Gasteiger partial charge in [0.25, 0.3) is 0 Å². The molecule has 7 heterocycles. The summed E-state index contributed by atoms with van der Waals surface area (Å²) in [7, 11) is -9.50. The number of nitrogen functional groups attached to an aromatic ring is 2. The van der Waals surface area contributed by atoms with Gasteiger partial charge < -0.3 is 50.4 Å². The molecule has 3 fully saturated rings. The zero-order chi connectivity index (χ0) is 31.0. The molecule has 0 radical (unpaired) electrons. The maximum absolute atomic E-state index is 13.1. The minimum Gasteiger partial charge on any atom is -0.385 e. The van der Waals surface area contributed by atoms with Crippen LogP contribution in [0, 0.1) is 0 Å². The lowest BCUT2D eigenvalue weighted by Gasteiger charge is -2.28. The molecule has 0 amide bonds. The summed E-state index contributed by atoms with van der Waals surface area (Å²) < 4.78 is 61.9. The first-order chi connectivity index (χ1) is 20.9. The molecule has 8 N–H and O–H groups in total. The highest BCUT2D eigenvalue weighted by Gasteiger charge is 2.54. The number of anilines is 2. The molecule has 4 aromatic rings. The van der Waals surface area contributed by atoms with Crippen LogP contribution in [0.2, 0.25) is 0 Å². The molecule has 0 bridgehead atoms. The zero-order valence-corrected chi connectivity index (χ0v) is 23.8. The van der Waals surface area contributed by atoms with Crippen LogP contribution in [0.1, 0.15) is 12.5 Å². The van der Waals surface area contributed by atoms with Crippen molar-refractivity contribution in [3.05, 3.63) is 25.3 Å². The van der Waals surface area contributed by atoms with Crippen molar-refractivity contribution < 1.29 is 57.1 Å². The molecular weight excluding hydrogens is 634 g/mol. The van der Waals surface area contributed by atoms with Gasteiger partial charge in [-0.2, -0.15) is 0 Å². The standard InChI is InChI=1S/C20H24N10O12P2/c21-13-7-15(25-1-23-13)29(3-27-7)17-9(31)11-19(39-17)37-5-44(35,36)42-12-10(32)18(40-20(12)38-6-43(33,34)41-11)30-4-28-8-14(22)24-2-26-16(8)30/h1-4,9-12,17-20,31-32H,5-6H2,(H,33,34)(H,35,36)(H2,21,23,25)(H2,22,24,26)/t9-,10-,11?,12?,17+,18+,19-,20-/m0/s1. The van der Waals surface area contributed by atoms with Crippen molar-refractivity contribution in [2.24, 2.45) is 0 Å². The van der Waals surface area contributed by atoms with Gasteiger partial charge in [-0.3, -0.25) is 27.3 Å². The second kappa shape index (κ2) is 10.7. The number of ether oxygens (including phenoxy) is 4. The molecule has 0 aliphatic carbocycles. The predicted octanol–water partition coefficient (Wildman–Crippen LogP) is -1.63. The quantitative estimate of drug-likeness (QED) is 0.132. The fourth-order valence-corrected chi connectivity index (χ4v) is 7.08. The van der Waals surface area contributed by atoms with E-state index in [-0.39, 0.29) is 34.0 Å². The highest BCUT2D eigenvalue weighted by atomic mass is 31.2. The average Bonchev–Trinajstić information content (AvgIpc) is 3.73. The van der Waals surface area contributed by atoms with Crippen molar-refractivity contribution in [2.45, 2.75) is 49.5 Å². The third-order valence-electron chi connectivity index (χ3n) is 7.04. The second-order valence-corrected chi connectivity index (χ2v) is 13.4. The van der Waals surface area contributed by atoms with Crippen LogP contribution in [0.4, 0.5) is 11.6 Å². The van der Waals surface area contributed by atoms with E-state index in [4.69, 9.17) is 39.5 Å². The third kappa shape index (κ3) is 5.04. The van der Waals surface area contributed by atoms with E-state index in [0.717, 1.165) is 12.7 Å². The minimum absolute atomic E-state index is 0.0476. The van der Waals surface area contributed by atoms with Crippen LogP contribution in [-0.4, -0.2) is 109 Å². The fourth-order valence-electron chi connectivity index (χ4n) is 5.08. The van der Waals surface area contributed by atoms with Crippen LogP contribution in [0.5, 0.6) is 0 Å². The Bertz CT molecular complexity index is 1690. The number of hydrogen-bond donors (Lipinski definition) is 6. The summed E-state index contributed by atoms with van der Waals surface area (Å²) in [5.41, 5.74) is 12.3. The number of aliphatic hydroxyl groups excluding tert-OH is 2. The summed E-state index contributed by atoms with van der Waals surface area (Å²) in [6.07, 6.45) is -10.2. The summed E-state index contributed by atoms with van der Waals surface area (Å²) in [6, 6.07) is 0.